The molecule has 0 saturated carbocycles. The largest absolute Gasteiger partial charge is 0.179 e. The molecule has 0 heterocycles. The Kier molecular flexibility index (Phi) is 4.99. The minimum atomic E-state index is 0.934. The van der Waals surface area contributed by atoms with Crippen molar-refractivity contribution in [2.24, 2.45) is 0 Å². The summed E-state index contributed by atoms with van der Waals surface area (Å²) in [5, 5.41) is 0. The smallest absolute Gasteiger partial charge is 0.00600 e. The number of thiol groups is 1. The molecular formula is C3H7PS. The average Bonchev–Trinajstić information content (AvgIpc) is 1.41. The van der Waals surface area contributed by atoms with Gasteiger partial charge >= 0.3 is 0 Å². The first kappa shape index (κ1) is 5.52. The topological polar surface area (TPSA) is 0 Å². The lowest BCUT2D eigenvalue weighted by molar-refractivity contribution is 1.39. The van der Waals surface area contributed by atoms with Gasteiger partial charge in [0.25, 0.3) is 0 Å². The van der Waals surface area contributed by atoms with Gasteiger partial charge in [0, 0.05) is 0 Å². The van der Waals surface area contributed by atoms with E-state index in [2.05, 4.69) is 21.5 Å². The molecule has 0 atom stereocenters. The van der Waals surface area contributed by atoms with Crippen molar-refractivity contribution in [2.45, 2.75) is 6.42 Å². The lowest BCUT2D eigenvalue weighted by Gasteiger charge is -1.71. The van der Waals surface area contributed by atoms with Crippen LogP contribution in [0.4, 0.5) is 0 Å². The SMILES string of the molecule is P=CCCS. The van der Waals surface area contributed by atoms with Crippen LogP contribution >= 0.6 is 21.5 Å². The molecule has 2 heteroatoms. The Labute approximate surface area is 40.2 Å². The molecule has 0 unspecified atom stereocenters. The van der Waals surface area contributed by atoms with E-state index >= 15 is 0 Å². The second-order valence-corrected chi connectivity index (χ2v) is 1.57. The van der Waals surface area contributed by atoms with E-state index in [-0.39, 0.29) is 0 Å². The Morgan fingerprint density at radius 2 is 2.40 bits per heavy atom. The summed E-state index contributed by atoms with van der Waals surface area (Å²) in [7, 11) is 3.18. The number of hydrogen-bond donors (Lipinski definition) is 1. The fourth-order valence-corrected chi connectivity index (χ4v) is 0.581. The van der Waals surface area contributed by atoms with Gasteiger partial charge in [-0.1, -0.05) is 5.80 Å². The summed E-state index contributed by atoms with van der Waals surface area (Å²) in [5.41, 5.74) is 0. The molecule has 0 saturated heterocycles. The molecule has 0 aromatic carbocycles. The van der Waals surface area contributed by atoms with Gasteiger partial charge < -0.3 is 0 Å². The van der Waals surface area contributed by atoms with E-state index in [1.54, 1.807) is 0 Å². The van der Waals surface area contributed by atoms with E-state index in [1.807, 2.05) is 5.80 Å². The lowest BCUT2D eigenvalue weighted by Crippen LogP contribution is -1.67. The molecule has 30 valence electrons. The first-order chi connectivity index (χ1) is 2.41. The van der Waals surface area contributed by atoms with Gasteiger partial charge in [0.15, 0.2) is 0 Å². The lowest BCUT2D eigenvalue weighted by atomic mass is 10.6. The first-order valence-electron chi connectivity index (χ1n) is 1.51. The number of hydrogen-bond acceptors (Lipinski definition) is 1. The molecule has 0 spiro atoms. The molecule has 0 bridgehead atoms. The zero-order valence-corrected chi connectivity index (χ0v) is 4.83. The van der Waals surface area contributed by atoms with Crippen LogP contribution in [0.2, 0.25) is 0 Å². The normalized spacial score (nSPS) is 7.40. The second kappa shape index (κ2) is 4.52. The van der Waals surface area contributed by atoms with E-state index in [9.17, 15) is 0 Å². The van der Waals surface area contributed by atoms with E-state index in [1.165, 1.54) is 0 Å². The second-order valence-electron chi connectivity index (χ2n) is 0.716. The molecule has 0 fully saturated rings. The summed E-state index contributed by atoms with van der Waals surface area (Å²) < 4.78 is 0. The van der Waals surface area contributed by atoms with Gasteiger partial charge in [-0.05, 0) is 12.2 Å². The highest BCUT2D eigenvalue weighted by Gasteiger charge is 1.62. The average molecular weight is 106 g/mol. The van der Waals surface area contributed by atoms with Crippen molar-refractivity contribution in [1.82, 2.24) is 0 Å². The third-order valence-electron chi connectivity index (χ3n) is 0.273. The Morgan fingerprint density at radius 1 is 1.80 bits per heavy atom. The highest BCUT2D eigenvalue weighted by Crippen LogP contribution is 1.76. The molecule has 0 rings (SSSR count). The van der Waals surface area contributed by atoms with Crippen LogP contribution in [0.5, 0.6) is 0 Å². The molecular weight excluding hydrogens is 99.1 g/mol. The highest BCUT2D eigenvalue weighted by molar-refractivity contribution is 7.80. The van der Waals surface area contributed by atoms with Gasteiger partial charge in [-0.15, -0.1) is 8.86 Å². The van der Waals surface area contributed by atoms with Crippen LogP contribution in [0.25, 0.3) is 0 Å². The predicted octanol–water partition coefficient (Wildman–Crippen LogP) is 1.25. The Bertz CT molecular complexity index is 28.1. The van der Waals surface area contributed by atoms with E-state index in [4.69, 9.17) is 0 Å². The summed E-state index contributed by atoms with van der Waals surface area (Å²) in [4.78, 5) is 0. The molecule has 0 nitrogen and oxygen atoms in total. The van der Waals surface area contributed by atoms with Crippen LogP contribution in [0, 0.1) is 0 Å². The van der Waals surface area contributed by atoms with Crippen LogP contribution in [-0.2, 0) is 0 Å². The molecule has 0 aromatic heterocycles. The molecule has 0 aromatic rings. The molecule has 0 aliphatic rings. The quantitative estimate of drug-likeness (QED) is 0.397. The zero-order chi connectivity index (χ0) is 4.12. The zero-order valence-electron chi connectivity index (χ0n) is 2.94. The van der Waals surface area contributed by atoms with E-state index in [0.717, 1.165) is 12.2 Å². The van der Waals surface area contributed by atoms with Crippen molar-refractivity contribution in [2.75, 3.05) is 5.75 Å². The van der Waals surface area contributed by atoms with Gasteiger partial charge in [0.1, 0.15) is 0 Å². The highest BCUT2D eigenvalue weighted by atomic mass is 32.1. The van der Waals surface area contributed by atoms with Crippen molar-refractivity contribution in [1.29, 1.82) is 0 Å². The fourth-order valence-electron chi connectivity index (χ4n) is 0.0645. The first-order valence-corrected chi connectivity index (χ1v) is 2.72. The summed E-state index contributed by atoms with van der Waals surface area (Å²) in [5.74, 6) is 2.84. The molecule has 0 aliphatic carbocycles. The summed E-state index contributed by atoms with van der Waals surface area (Å²) in [6.07, 6.45) is 1.04. The van der Waals surface area contributed by atoms with Crippen molar-refractivity contribution in [3.63, 3.8) is 0 Å². The molecule has 5 heavy (non-hydrogen) atoms. The van der Waals surface area contributed by atoms with E-state index in [0.29, 0.717) is 0 Å². The molecule has 0 amide bonds. The van der Waals surface area contributed by atoms with E-state index < -0.39 is 0 Å². The third kappa shape index (κ3) is 4.52. The molecule has 0 aliphatic heterocycles. The van der Waals surface area contributed by atoms with Crippen molar-refractivity contribution >= 4 is 27.3 Å². The minimum absolute atomic E-state index is 0.934. The van der Waals surface area contributed by atoms with Crippen LogP contribution in [0.1, 0.15) is 6.42 Å². The predicted molar refractivity (Wildman–Crippen MR) is 32.8 cm³/mol. The molecule has 0 radical (unpaired) electrons. The van der Waals surface area contributed by atoms with Gasteiger partial charge in [-0.2, -0.15) is 12.6 Å². The van der Waals surface area contributed by atoms with Crippen LogP contribution in [-0.4, -0.2) is 11.5 Å². The maximum atomic E-state index is 3.94. The van der Waals surface area contributed by atoms with Crippen molar-refractivity contribution < 1.29 is 0 Å². The summed E-state index contributed by atoms with van der Waals surface area (Å²) >= 11 is 3.94. The Hall–Kier alpha value is 0.520. The molecule has 0 N–H and O–H groups in total. The maximum absolute atomic E-state index is 3.94. The fraction of sp³-hybridized carbons (Fsp3) is 0.667. The van der Waals surface area contributed by atoms with Gasteiger partial charge in [-0.3, -0.25) is 0 Å². The summed E-state index contributed by atoms with van der Waals surface area (Å²) in [6.45, 7) is 0. The Balaban J connectivity index is 2.40. The Morgan fingerprint density at radius 3 is 2.40 bits per heavy atom. The van der Waals surface area contributed by atoms with Gasteiger partial charge in [0.2, 0.25) is 0 Å². The van der Waals surface area contributed by atoms with Crippen LogP contribution in [0.15, 0.2) is 0 Å². The van der Waals surface area contributed by atoms with Gasteiger partial charge in [-0.25, -0.2) is 0 Å². The number of rotatable bonds is 2. The summed E-state index contributed by atoms with van der Waals surface area (Å²) in [6, 6.07) is 0. The van der Waals surface area contributed by atoms with Crippen molar-refractivity contribution in [3.8, 4) is 0 Å². The minimum Gasteiger partial charge on any atom is -0.179 e. The van der Waals surface area contributed by atoms with Crippen molar-refractivity contribution in [3.05, 3.63) is 0 Å². The third-order valence-corrected chi connectivity index (χ3v) is 0.820. The van der Waals surface area contributed by atoms with Crippen LogP contribution in [0.3, 0.4) is 0 Å². The van der Waals surface area contributed by atoms with Gasteiger partial charge in [0.05, 0.1) is 0 Å². The van der Waals surface area contributed by atoms with Crippen LogP contribution < -0.4 is 0 Å². The maximum Gasteiger partial charge on any atom is -0.00600 e. The monoisotopic (exact) mass is 106 g/mol. The standard InChI is InChI=1S/C3H7PS/c4-2-1-3-5/h2,4-5H,1,3H2.